The average Bonchev–Trinajstić information content (AvgIpc) is 2.27. The molecule has 18 heavy (non-hydrogen) atoms. The van der Waals surface area contributed by atoms with Crippen LogP contribution >= 0.6 is 12.4 Å². The molecule has 0 amide bonds. The van der Waals surface area contributed by atoms with Crippen LogP contribution in [0.1, 0.15) is 0 Å². The van der Waals surface area contributed by atoms with Crippen molar-refractivity contribution in [3.8, 4) is 11.5 Å². The lowest BCUT2D eigenvalue weighted by Crippen LogP contribution is -1.94. The number of nitrogens with one attached hydrogen (secondary N) is 1. The van der Waals surface area contributed by atoms with E-state index < -0.39 is 10.2 Å². The highest BCUT2D eigenvalue weighted by Crippen LogP contribution is 2.29. The molecule has 0 bridgehead atoms. The normalized spacial score (nSPS) is 10.8. The van der Waals surface area contributed by atoms with E-state index in [0.717, 1.165) is 6.20 Å². The van der Waals surface area contributed by atoms with Gasteiger partial charge >= 0.3 is 10.2 Å². The van der Waals surface area contributed by atoms with Gasteiger partial charge in [-0.3, -0.25) is 0 Å². The van der Waals surface area contributed by atoms with E-state index in [2.05, 4.69) is 5.32 Å². The van der Waals surface area contributed by atoms with Crippen LogP contribution in [0.5, 0.6) is 11.5 Å². The van der Waals surface area contributed by atoms with Crippen molar-refractivity contribution in [2.75, 3.05) is 19.5 Å². The third kappa shape index (κ3) is 5.24. The van der Waals surface area contributed by atoms with Crippen molar-refractivity contribution in [3.63, 3.8) is 0 Å². The number of hydrogen-bond donors (Lipinski definition) is 1. The van der Waals surface area contributed by atoms with E-state index in [1.54, 1.807) is 18.2 Å². The van der Waals surface area contributed by atoms with E-state index in [0.29, 0.717) is 22.6 Å². The lowest BCUT2D eigenvalue weighted by atomic mass is 10.3. The van der Waals surface area contributed by atoms with Crippen molar-refractivity contribution in [2.24, 2.45) is 0 Å². The Morgan fingerprint density at radius 2 is 1.83 bits per heavy atom. The van der Waals surface area contributed by atoms with Crippen molar-refractivity contribution in [1.29, 1.82) is 0 Å². The number of rotatable bonds is 5. The van der Waals surface area contributed by atoms with Gasteiger partial charge < -0.3 is 14.8 Å². The smallest absolute Gasteiger partial charge is 0.326 e. The zero-order valence-electron chi connectivity index (χ0n) is 9.71. The third-order valence-electron chi connectivity index (χ3n) is 1.86. The third-order valence-corrected chi connectivity index (χ3v) is 2.33. The number of ether oxygens (including phenoxy) is 2. The maximum absolute atomic E-state index is 12.2. The minimum atomic E-state index is -4.62. The minimum Gasteiger partial charge on any atom is -0.493 e. The molecular weight excluding hydrogens is 285 g/mol. The minimum absolute atomic E-state index is 0. The predicted octanol–water partition coefficient (Wildman–Crippen LogP) is 2.31. The maximum Gasteiger partial charge on any atom is 0.326 e. The van der Waals surface area contributed by atoms with E-state index in [1.165, 1.54) is 14.2 Å². The van der Waals surface area contributed by atoms with Crippen molar-refractivity contribution >= 4 is 28.3 Å². The molecule has 102 valence electrons. The summed E-state index contributed by atoms with van der Waals surface area (Å²) in [6, 6.07) is 4.86. The van der Waals surface area contributed by atoms with Crippen LogP contribution in [-0.4, -0.2) is 22.6 Å². The Labute approximate surface area is 111 Å². The summed E-state index contributed by atoms with van der Waals surface area (Å²) in [5, 5.41) is 3.01. The van der Waals surface area contributed by atoms with Gasteiger partial charge in [0, 0.05) is 18.0 Å². The summed E-state index contributed by atoms with van der Waals surface area (Å²) in [7, 11) is -1.65. The van der Waals surface area contributed by atoms with Gasteiger partial charge in [-0.1, -0.05) is 0 Å². The zero-order valence-corrected chi connectivity index (χ0v) is 11.3. The molecular formula is C10H13ClFNO4S. The van der Waals surface area contributed by atoms with Gasteiger partial charge in [-0.25, -0.2) is 0 Å². The summed E-state index contributed by atoms with van der Waals surface area (Å²) in [5.74, 6) is 1.02. The summed E-state index contributed by atoms with van der Waals surface area (Å²) in [4.78, 5) is 0. The van der Waals surface area contributed by atoms with Gasteiger partial charge in [0.1, 0.15) is 0 Å². The van der Waals surface area contributed by atoms with E-state index in [4.69, 9.17) is 9.47 Å². The van der Waals surface area contributed by atoms with E-state index in [1.807, 2.05) is 0 Å². The van der Waals surface area contributed by atoms with Gasteiger partial charge in [-0.05, 0) is 12.1 Å². The molecule has 0 radical (unpaired) electrons. The molecule has 0 aliphatic rings. The van der Waals surface area contributed by atoms with Gasteiger partial charge in [-0.2, -0.15) is 8.42 Å². The fourth-order valence-electron chi connectivity index (χ4n) is 1.14. The van der Waals surface area contributed by atoms with Crippen LogP contribution < -0.4 is 14.8 Å². The average molecular weight is 298 g/mol. The van der Waals surface area contributed by atoms with Crippen LogP contribution in [0, 0.1) is 0 Å². The molecule has 0 aliphatic heterocycles. The van der Waals surface area contributed by atoms with Crippen LogP contribution in [0.3, 0.4) is 0 Å². The molecule has 0 spiro atoms. The SMILES string of the molecule is COc1ccc(N/C=C/S(=O)(=O)F)cc1OC.Cl. The second-order valence-electron chi connectivity index (χ2n) is 2.99. The first-order valence-electron chi connectivity index (χ1n) is 4.56. The van der Waals surface area contributed by atoms with Crippen LogP contribution in [0.15, 0.2) is 29.8 Å². The Morgan fingerprint density at radius 3 is 2.33 bits per heavy atom. The quantitative estimate of drug-likeness (QED) is 0.845. The van der Waals surface area contributed by atoms with E-state index in [-0.39, 0.29) is 12.4 Å². The molecule has 5 nitrogen and oxygen atoms in total. The van der Waals surface area contributed by atoms with Gasteiger partial charge in [0.15, 0.2) is 11.5 Å². The highest BCUT2D eigenvalue weighted by atomic mass is 35.5. The highest BCUT2D eigenvalue weighted by Gasteiger charge is 2.03. The molecule has 0 saturated heterocycles. The first kappa shape index (κ1) is 16.5. The molecule has 0 fully saturated rings. The number of halogens is 2. The van der Waals surface area contributed by atoms with Crippen molar-refractivity contribution in [1.82, 2.24) is 0 Å². The highest BCUT2D eigenvalue weighted by molar-refractivity contribution is 7.89. The Morgan fingerprint density at radius 1 is 1.22 bits per heavy atom. The monoisotopic (exact) mass is 297 g/mol. The maximum atomic E-state index is 12.2. The van der Waals surface area contributed by atoms with E-state index >= 15 is 0 Å². The number of methoxy groups -OCH3 is 2. The summed E-state index contributed by atoms with van der Waals surface area (Å²) in [5.41, 5.74) is 0.544. The lowest BCUT2D eigenvalue weighted by molar-refractivity contribution is 0.355. The molecule has 0 heterocycles. The Hall–Kier alpha value is -1.47. The predicted molar refractivity (Wildman–Crippen MR) is 69.6 cm³/mol. The number of benzene rings is 1. The molecule has 0 saturated carbocycles. The topological polar surface area (TPSA) is 64.6 Å². The second-order valence-corrected chi connectivity index (χ2v) is 4.22. The molecule has 0 aromatic heterocycles. The summed E-state index contributed by atoms with van der Waals surface area (Å²) in [6.45, 7) is 0. The largest absolute Gasteiger partial charge is 0.493 e. The summed E-state index contributed by atoms with van der Waals surface area (Å²) < 4.78 is 42.6. The zero-order chi connectivity index (χ0) is 12.9. The molecule has 8 heteroatoms. The van der Waals surface area contributed by atoms with Gasteiger partial charge in [0.05, 0.1) is 19.6 Å². The number of anilines is 1. The Balaban J connectivity index is 0.00000289. The van der Waals surface area contributed by atoms with Crippen LogP contribution in [0.4, 0.5) is 9.57 Å². The first-order chi connectivity index (χ1) is 7.96. The Kier molecular flexibility index (Phi) is 6.50. The van der Waals surface area contributed by atoms with E-state index in [9.17, 15) is 12.3 Å². The van der Waals surface area contributed by atoms with Gasteiger partial charge in [-0.15, -0.1) is 16.3 Å². The molecule has 0 unspecified atom stereocenters. The number of hydrogen-bond acceptors (Lipinski definition) is 5. The summed E-state index contributed by atoms with van der Waals surface area (Å²) >= 11 is 0. The second kappa shape index (κ2) is 7.07. The molecule has 1 rings (SSSR count). The molecule has 0 aliphatic carbocycles. The van der Waals surface area contributed by atoms with Crippen LogP contribution in [0.25, 0.3) is 0 Å². The standard InChI is InChI=1S/C10H12FNO4S.ClH/c1-15-9-4-3-8(7-10(9)16-2)12-5-6-17(11,13)14;/h3-7,12H,1-2H3;1H/b6-5+;. The molecule has 1 N–H and O–H groups in total. The van der Waals surface area contributed by atoms with Crippen molar-refractivity contribution in [2.45, 2.75) is 0 Å². The van der Waals surface area contributed by atoms with Crippen molar-refractivity contribution in [3.05, 3.63) is 29.8 Å². The van der Waals surface area contributed by atoms with Gasteiger partial charge in [0.25, 0.3) is 0 Å². The molecule has 0 atom stereocenters. The van der Waals surface area contributed by atoms with Crippen molar-refractivity contribution < 1.29 is 21.8 Å². The van der Waals surface area contributed by atoms with Crippen LogP contribution in [0.2, 0.25) is 0 Å². The Bertz CT molecular complexity index is 519. The summed E-state index contributed by atoms with van der Waals surface area (Å²) in [6.07, 6.45) is 0.983. The fraction of sp³-hybridized carbons (Fsp3) is 0.200. The first-order valence-corrected chi connectivity index (χ1v) is 6.00. The fourth-order valence-corrected chi connectivity index (χ4v) is 1.37. The van der Waals surface area contributed by atoms with Gasteiger partial charge in [0.2, 0.25) is 0 Å². The lowest BCUT2D eigenvalue weighted by Gasteiger charge is -2.09. The van der Waals surface area contributed by atoms with Crippen LogP contribution in [-0.2, 0) is 10.2 Å². The molecule has 1 aromatic rings. The molecule has 1 aromatic carbocycles.